The number of benzene rings is 2. The molecule has 0 spiro atoms. The molecule has 126 valence electrons. The molecule has 0 amide bonds. The number of rotatable bonds is 3. The molecule has 0 aliphatic heterocycles. The first-order valence-electron chi connectivity index (χ1n) is 6.85. The summed E-state index contributed by atoms with van der Waals surface area (Å²) < 4.78 is 38.1. The Kier molecular flexibility index (Phi) is 4.26. The van der Waals surface area contributed by atoms with Crippen molar-refractivity contribution in [2.45, 2.75) is 4.90 Å². The molecule has 0 unspecified atom stereocenters. The molecule has 0 saturated carbocycles. The molecule has 2 aromatic carbocycles. The minimum atomic E-state index is -4.18. The van der Waals surface area contributed by atoms with Gasteiger partial charge in [0.15, 0.2) is 0 Å². The zero-order chi connectivity index (χ0) is 18.2. The molecule has 3 rings (SSSR count). The summed E-state index contributed by atoms with van der Waals surface area (Å²) in [4.78, 5) is 11.3. The minimum Gasteiger partial charge on any atom is -0.267 e. The van der Waals surface area contributed by atoms with Crippen LogP contribution in [0.3, 0.4) is 0 Å². The van der Waals surface area contributed by atoms with Gasteiger partial charge in [-0.3, -0.25) is 9.36 Å². The molecule has 9 heteroatoms. The van der Waals surface area contributed by atoms with Gasteiger partial charge in [-0.05, 0) is 30.3 Å². The lowest BCUT2D eigenvalue weighted by molar-refractivity contribution is 0.568. The van der Waals surface area contributed by atoms with Crippen LogP contribution in [-0.4, -0.2) is 13.0 Å². The Morgan fingerprint density at radius 3 is 2.60 bits per heavy atom. The second-order valence-corrected chi connectivity index (χ2v) is 7.43. The molecular weight excluding hydrogens is 365 g/mol. The highest BCUT2D eigenvalue weighted by Gasteiger charge is 2.17. The van der Waals surface area contributed by atoms with Crippen molar-refractivity contribution in [2.24, 2.45) is 5.14 Å². The van der Waals surface area contributed by atoms with Crippen molar-refractivity contribution in [3.63, 3.8) is 0 Å². The molecule has 0 radical (unpaired) electrons. The van der Waals surface area contributed by atoms with Crippen molar-refractivity contribution in [1.29, 1.82) is 5.26 Å². The number of nitriles is 1. The summed E-state index contributed by atoms with van der Waals surface area (Å²) in [6.07, 6.45) is 0. The van der Waals surface area contributed by atoms with Crippen LogP contribution < -0.4 is 10.0 Å². The molecule has 0 saturated heterocycles. The lowest BCUT2D eigenvalue weighted by Crippen LogP contribution is -2.14. The highest BCUT2D eigenvalue weighted by atomic mass is 32.2. The smallest absolute Gasteiger partial charge is 0.267 e. The first-order valence-corrected chi connectivity index (χ1v) is 9.27. The molecule has 0 fully saturated rings. The highest BCUT2D eigenvalue weighted by Crippen LogP contribution is 2.26. The summed E-state index contributed by atoms with van der Waals surface area (Å²) >= 11 is 0.909. The molecule has 25 heavy (non-hydrogen) atoms. The summed E-state index contributed by atoms with van der Waals surface area (Å²) in [5.41, 5.74) is 1.52. The van der Waals surface area contributed by atoms with Gasteiger partial charge in [-0.15, -0.1) is 0 Å². The van der Waals surface area contributed by atoms with Gasteiger partial charge in [0.05, 0.1) is 23.0 Å². The van der Waals surface area contributed by atoms with Crippen LogP contribution in [0.4, 0.5) is 4.39 Å². The number of halogens is 1. The van der Waals surface area contributed by atoms with Gasteiger partial charge >= 0.3 is 4.87 Å². The van der Waals surface area contributed by atoms with E-state index in [0.717, 1.165) is 23.5 Å². The average molecular weight is 375 g/mol. The van der Waals surface area contributed by atoms with Crippen LogP contribution in [0.25, 0.3) is 16.9 Å². The maximum Gasteiger partial charge on any atom is 0.312 e. The van der Waals surface area contributed by atoms with E-state index in [1.54, 1.807) is 18.2 Å². The zero-order valence-electron chi connectivity index (χ0n) is 12.5. The fraction of sp³-hybridized carbons (Fsp3) is 0. The van der Waals surface area contributed by atoms with E-state index < -0.39 is 20.7 Å². The van der Waals surface area contributed by atoms with Gasteiger partial charge in [-0.2, -0.15) is 5.26 Å². The van der Waals surface area contributed by atoms with Crippen LogP contribution in [0.15, 0.2) is 57.5 Å². The van der Waals surface area contributed by atoms with Crippen molar-refractivity contribution in [3.05, 3.63) is 68.9 Å². The Morgan fingerprint density at radius 2 is 1.96 bits per heavy atom. The Bertz CT molecular complexity index is 1170. The molecular formula is C16H10FN3O3S2. The lowest BCUT2D eigenvalue weighted by atomic mass is 10.1. The number of hydrogen-bond donors (Lipinski definition) is 1. The van der Waals surface area contributed by atoms with Crippen LogP contribution in [0.5, 0.6) is 0 Å². The fourth-order valence-corrected chi connectivity index (χ4v) is 3.71. The molecule has 0 atom stereocenters. The van der Waals surface area contributed by atoms with Gasteiger partial charge in [0.2, 0.25) is 10.0 Å². The summed E-state index contributed by atoms with van der Waals surface area (Å²) in [5, 5.41) is 15.5. The van der Waals surface area contributed by atoms with Crippen molar-refractivity contribution in [3.8, 4) is 23.0 Å². The van der Waals surface area contributed by atoms with Crippen molar-refractivity contribution in [1.82, 2.24) is 4.57 Å². The van der Waals surface area contributed by atoms with E-state index in [1.807, 2.05) is 6.07 Å². The van der Waals surface area contributed by atoms with Crippen LogP contribution in [-0.2, 0) is 10.0 Å². The predicted octanol–water partition coefficient (Wildman–Crippen LogP) is 2.22. The molecule has 0 bridgehead atoms. The van der Waals surface area contributed by atoms with Gasteiger partial charge < -0.3 is 0 Å². The number of nitrogens with two attached hydrogens (primary N) is 1. The highest BCUT2D eigenvalue weighted by molar-refractivity contribution is 7.89. The molecule has 1 heterocycles. The number of hydrogen-bond acceptors (Lipinski definition) is 5. The van der Waals surface area contributed by atoms with E-state index in [9.17, 15) is 17.6 Å². The van der Waals surface area contributed by atoms with Crippen LogP contribution >= 0.6 is 11.3 Å². The van der Waals surface area contributed by atoms with Crippen LogP contribution in [0.1, 0.15) is 5.56 Å². The molecule has 0 aliphatic carbocycles. The summed E-state index contributed by atoms with van der Waals surface area (Å²) in [7, 11) is -4.18. The molecule has 3 aromatic rings. The molecule has 1 aromatic heterocycles. The summed E-state index contributed by atoms with van der Waals surface area (Å²) in [5.74, 6) is -1.00. The Balaban J connectivity index is 2.19. The maximum absolute atomic E-state index is 14.1. The van der Waals surface area contributed by atoms with Gasteiger partial charge in [0.1, 0.15) is 10.7 Å². The first kappa shape index (κ1) is 17.0. The topological polar surface area (TPSA) is 106 Å². The minimum absolute atomic E-state index is 0.311. The first-order chi connectivity index (χ1) is 11.8. The molecule has 0 aliphatic rings. The van der Waals surface area contributed by atoms with E-state index in [-0.39, 0.29) is 4.87 Å². The number of primary sulfonamides is 1. The second-order valence-electron chi connectivity index (χ2n) is 5.07. The van der Waals surface area contributed by atoms with Gasteiger partial charge in [0.25, 0.3) is 0 Å². The number of sulfonamides is 1. The van der Waals surface area contributed by atoms with E-state index in [4.69, 9.17) is 10.4 Å². The number of aromatic nitrogens is 1. The SMILES string of the molecule is N#Cc1cccc(-n2c(-c3ccc(S(N)(=O)=O)c(F)c3)csc2=O)c1. The van der Waals surface area contributed by atoms with Gasteiger partial charge in [-0.1, -0.05) is 23.5 Å². The Hall–Kier alpha value is -2.80. The summed E-state index contributed by atoms with van der Waals surface area (Å²) in [6, 6.07) is 11.8. The third kappa shape index (κ3) is 3.23. The van der Waals surface area contributed by atoms with E-state index in [1.165, 1.54) is 22.1 Å². The average Bonchev–Trinajstić information content (AvgIpc) is 2.95. The van der Waals surface area contributed by atoms with E-state index in [2.05, 4.69) is 0 Å². The standard InChI is InChI=1S/C16H10FN3O3S2/c17-13-7-11(4-5-15(13)25(19,22)23)14-9-24-16(21)20(14)12-3-1-2-10(6-12)8-18/h1-7,9H,(H2,19,22,23). The Morgan fingerprint density at radius 1 is 1.20 bits per heavy atom. The Labute approximate surface area is 146 Å². The lowest BCUT2D eigenvalue weighted by Gasteiger charge is -2.09. The number of thiazole rings is 1. The van der Waals surface area contributed by atoms with Crippen LogP contribution in [0.2, 0.25) is 0 Å². The van der Waals surface area contributed by atoms with Crippen molar-refractivity contribution in [2.75, 3.05) is 0 Å². The second kappa shape index (κ2) is 6.25. The normalized spacial score (nSPS) is 11.2. The van der Waals surface area contributed by atoms with Gasteiger partial charge in [-0.25, -0.2) is 17.9 Å². The third-order valence-electron chi connectivity index (χ3n) is 3.46. The van der Waals surface area contributed by atoms with Crippen molar-refractivity contribution >= 4 is 21.4 Å². The van der Waals surface area contributed by atoms with E-state index >= 15 is 0 Å². The largest absolute Gasteiger partial charge is 0.312 e. The quantitative estimate of drug-likeness (QED) is 0.757. The molecule has 6 nitrogen and oxygen atoms in total. The monoisotopic (exact) mass is 375 g/mol. The fourth-order valence-electron chi connectivity index (χ4n) is 2.36. The third-order valence-corrected chi connectivity index (χ3v) is 5.13. The zero-order valence-corrected chi connectivity index (χ0v) is 14.1. The molecule has 2 N–H and O–H groups in total. The van der Waals surface area contributed by atoms with Crippen molar-refractivity contribution < 1.29 is 12.8 Å². The van der Waals surface area contributed by atoms with Crippen LogP contribution in [0, 0.1) is 17.1 Å². The maximum atomic E-state index is 14.1. The summed E-state index contributed by atoms with van der Waals surface area (Å²) in [6.45, 7) is 0. The van der Waals surface area contributed by atoms with E-state index in [0.29, 0.717) is 22.5 Å². The van der Waals surface area contributed by atoms with Gasteiger partial charge in [0, 0.05) is 10.9 Å². The number of nitrogens with zero attached hydrogens (tertiary/aromatic N) is 2. The predicted molar refractivity (Wildman–Crippen MR) is 91.4 cm³/mol.